The van der Waals surface area contributed by atoms with Crippen LogP contribution >= 0.6 is 0 Å². The van der Waals surface area contributed by atoms with Gasteiger partial charge in [0.1, 0.15) is 0 Å². The third-order valence-corrected chi connectivity index (χ3v) is 5.06. The van der Waals surface area contributed by atoms with Gasteiger partial charge in [-0.05, 0) is 57.6 Å². The van der Waals surface area contributed by atoms with Crippen LogP contribution < -0.4 is 5.32 Å². The maximum Gasteiger partial charge on any atom is 0.237 e. The molecule has 0 fully saturated rings. The molecule has 4 nitrogen and oxygen atoms in total. The summed E-state index contributed by atoms with van der Waals surface area (Å²) in [6, 6.07) is 14.6. The SMILES string of the molecule is Cc1cc(CNC(=O)[C@H](C)N(C)C)c2[nH]c(-c3ccccc3)c(C)c2c1. The van der Waals surface area contributed by atoms with Crippen LogP contribution in [-0.4, -0.2) is 35.9 Å². The van der Waals surface area contributed by atoms with Crippen LogP contribution in [0.3, 0.4) is 0 Å². The molecule has 0 aliphatic rings. The summed E-state index contributed by atoms with van der Waals surface area (Å²) in [6.07, 6.45) is 0. The number of rotatable bonds is 5. The summed E-state index contributed by atoms with van der Waals surface area (Å²) in [5.41, 5.74) is 6.97. The molecule has 0 saturated carbocycles. The third-order valence-electron chi connectivity index (χ3n) is 5.06. The number of hydrogen-bond donors (Lipinski definition) is 2. The highest BCUT2D eigenvalue weighted by Crippen LogP contribution is 2.32. The van der Waals surface area contributed by atoms with Crippen molar-refractivity contribution in [2.75, 3.05) is 14.1 Å². The molecule has 0 bridgehead atoms. The average molecular weight is 349 g/mol. The number of carbonyl (C=O) groups excluding carboxylic acids is 1. The molecule has 4 heteroatoms. The first-order chi connectivity index (χ1) is 12.4. The lowest BCUT2D eigenvalue weighted by molar-refractivity contribution is -0.125. The second-order valence-corrected chi connectivity index (χ2v) is 7.20. The quantitative estimate of drug-likeness (QED) is 0.731. The number of nitrogens with zero attached hydrogens (tertiary/aromatic N) is 1. The van der Waals surface area contributed by atoms with Crippen LogP contribution in [0, 0.1) is 13.8 Å². The number of amides is 1. The van der Waals surface area contributed by atoms with Gasteiger partial charge in [-0.3, -0.25) is 9.69 Å². The summed E-state index contributed by atoms with van der Waals surface area (Å²) in [7, 11) is 3.82. The Morgan fingerprint density at radius 3 is 2.50 bits per heavy atom. The van der Waals surface area contributed by atoms with Crippen molar-refractivity contribution >= 4 is 16.8 Å². The van der Waals surface area contributed by atoms with E-state index in [1.54, 1.807) is 0 Å². The van der Waals surface area contributed by atoms with Gasteiger partial charge >= 0.3 is 0 Å². The fraction of sp³-hybridized carbons (Fsp3) is 0.318. The molecule has 3 rings (SSSR count). The third kappa shape index (κ3) is 3.51. The molecule has 0 aliphatic carbocycles. The van der Waals surface area contributed by atoms with Gasteiger partial charge in [0.25, 0.3) is 0 Å². The minimum Gasteiger partial charge on any atom is -0.354 e. The first-order valence-corrected chi connectivity index (χ1v) is 9.00. The van der Waals surface area contributed by atoms with Gasteiger partial charge in [0.15, 0.2) is 0 Å². The number of hydrogen-bond acceptors (Lipinski definition) is 2. The number of H-pyrrole nitrogens is 1. The first kappa shape index (κ1) is 18.2. The summed E-state index contributed by atoms with van der Waals surface area (Å²) in [5.74, 6) is 0.0382. The highest BCUT2D eigenvalue weighted by atomic mass is 16.2. The minimum absolute atomic E-state index is 0.0382. The Morgan fingerprint density at radius 1 is 1.15 bits per heavy atom. The number of nitrogens with one attached hydrogen (secondary N) is 2. The minimum atomic E-state index is -0.152. The molecule has 1 amide bonds. The van der Waals surface area contributed by atoms with Crippen LogP contribution in [0.1, 0.15) is 23.6 Å². The van der Waals surface area contributed by atoms with E-state index in [2.05, 4.69) is 60.5 Å². The van der Waals surface area contributed by atoms with E-state index in [-0.39, 0.29) is 11.9 Å². The average Bonchev–Trinajstić information content (AvgIpc) is 2.96. The van der Waals surface area contributed by atoms with E-state index in [9.17, 15) is 4.79 Å². The van der Waals surface area contributed by atoms with Gasteiger partial charge in [-0.2, -0.15) is 0 Å². The first-order valence-electron chi connectivity index (χ1n) is 9.00. The Labute approximate surface area is 155 Å². The summed E-state index contributed by atoms with van der Waals surface area (Å²) in [5, 5.41) is 4.28. The van der Waals surface area contributed by atoms with Crippen LogP contribution in [0.2, 0.25) is 0 Å². The van der Waals surface area contributed by atoms with E-state index in [0.717, 1.165) is 16.8 Å². The van der Waals surface area contributed by atoms with Crippen molar-refractivity contribution < 1.29 is 4.79 Å². The molecule has 3 aromatic rings. The molecule has 136 valence electrons. The van der Waals surface area contributed by atoms with E-state index in [1.165, 1.54) is 22.1 Å². The Balaban J connectivity index is 1.97. The molecule has 1 atom stereocenters. The second-order valence-electron chi connectivity index (χ2n) is 7.20. The highest BCUT2D eigenvalue weighted by Gasteiger charge is 2.16. The lowest BCUT2D eigenvalue weighted by atomic mass is 10.0. The Morgan fingerprint density at radius 2 is 1.85 bits per heavy atom. The highest BCUT2D eigenvalue weighted by molar-refractivity contribution is 5.93. The van der Waals surface area contributed by atoms with Gasteiger partial charge in [0.05, 0.1) is 11.6 Å². The van der Waals surface area contributed by atoms with Crippen molar-refractivity contribution in [3.05, 3.63) is 59.2 Å². The maximum atomic E-state index is 12.3. The van der Waals surface area contributed by atoms with Crippen molar-refractivity contribution in [1.29, 1.82) is 0 Å². The van der Waals surface area contributed by atoms with Crippen LogP contribution in [0.4, 0.5) is 0 Å². The summed E-state index contributed by atoms with van der Waals surface area (Å²) in [4.78, 5) is 17.8. The predicted octanol–water partition coefficient (Wildman–Crippen LogP) is 4.02. The molecule has 0 saturated heterocycles. The van der Waals surface area contributed by atoms with Crippen molar-refractivity contribution in [2.45, 2.75) is 33.4 Å². The smallest absolute Gasteiger partial charge is 0.237 e. The number of aromatic nitrogens is 1. The van der Waals surface area contributed by atoms with Crippen LogP contribution in [0.15, 0.2) is 42.5 Å². The second kappa shape index (κ2) is 7.34. The number of benzene rings is 2. The molecule has 0 unspecified atom stereocenters. The van der Waals surface area contributed by atoms with Gasteiger partial charge in [-0.15, -0.1) is 0 Å². The van der Waals surface area contributed by atoms with Crippen molar-refractivity contribution in [3.8, 4) is 11.3 Å². The summed E-state index contributed by atoms with van der Waals surface area (Å²) in [6.45, 7) is 6.68. The van der Waals surface area contributed by atoms with Crippen LogP contribution in [0.25, 0.3) is 22.2 Å². The van der Waals surface area contributed by atoms with E-state index >= 15 is 0 Å². The topological polar surface area (TPSA) is 48.1 Å². The van der Waals surface area contributed by atoms with Crippen LogP contribution in [0.5, 0.6) is 0 Å². The van der Waals surface area contributed by atoms with Gasteiger partial charge in [0, 0.05) is 17.6 Å². The molecular formula is C22H27N3O. The van der Waals surface area contributed by atoms with Gasteiger partial charge in [-0.1, -0.05) is 42.0 Å². The molecule has 0 aliphatic heterocycles. The Kier molecular flexibility index (Phi) is 5.14. The van der Waals surface area contributed by atoms with Gasteiger partial charge in [0.2, 0.25) is 5.91 Å². The molecule has 0 radical (unpaired) electrons. The van der Waals surface area contributed by atoms with Crippen molar-refractivity contribution in [2.24, 2.45) is 0 Å². The summed E-state index contributed by atoms with van der Waals surface area (Å²) >= 11 is 0. The Hall–Kier alpha value is -2.59. The van der Waals surface area contributed by atoms with E-state index in [4.69, 9.17) is 0 Å². The zero-order chi connectivity index (χ0) is 18.8. The number of aromatic amines is 1. The van der Waals surface area contributed by atoms with Crippen molar-refractivity contribution in [1.82, 2.24) is 15.2 Å². The number of fused-ring (bicyclic) bond motifs is 1. The monoisotopic (exact) mass is 349 g/mol. The maximum absolute atomic E-state index is 12.3. The molecule has 2 N–H and O–H groups in total. The van der Waals surface area contributed by atoms with E-state index in [0.29, 0.717) is 6.54 Å². The molecule has 0 spiro atoms. The van der Waals surface area contributed by atoms with E-state index < -0.39 is 0 Å². The normalized spacial score (nSPS) is 12.5. The van der Waals surface area contributed by atoms with Crippen molar-refractivity contribution in [3.63, 3.8) is 0 Å². The fourth-order valence-corrected chi connectivity index (χ4v) is 3.26. The molecular weight excluding hydrogens is 322 g/mol. The largest absolute Gasteiger partial charge is 0.354 e. The fourth-order valence-electron chi connectivity index (χ4n) is 3.26. The zero-order valence-corrected chi connectivity index (χ0v) is 16.2. The number of likely N-dealkylation sites (N-methyl/N-ethyl adjacent to an activating group) is 1. The molecule has 2 aromatic carbocycles. The standard InChI is InChI=1S/C22H27N3O/c1-14-11-18(13-23-22(26)16(3)25(4)5)21-19(12-14)15(2)20(24-21)17-9-7-6-8-10-17/h6-12,16,24H,13H2,1-5H3,(H,23,26)/t16-/m0/s1. The van der Waals surface area contributed by atoms with Crippen LogP contribution in [-0.2, 0) is 11.3 Å². The van der Waals surface area contributed by atoms with Gasteiger partial charge < -0.3 is 10.3 Å². The predicted molar refractivity (Wildman–Crippen MR) is 108 cm³/mol. The molecule has 1 heterocycles. The molecule has 1 aromatic heterocycles. The Bertz CT molecular complexity index is 925. The van der Waals surface area contributed by atoms with Gasteiger partial charge in [-0.25, -0.2) is 0 Å². The number of aryl methyl sites for hydroxylation is 2. The van der Waals surface area contributed by atoms with E-state index in [1.807, 2.05) is 32.0 Å². The summed E-state index contributed by atoms with van der Waals surface area (Å²) < 4.78 is 0. The lowest BCUT2D eigenvalue weighted by Gasteiger charge is -2.19. The lowest BCUT2D eigenvalue weighted by Crippen LogP contribution is -2.41. The number of carbonyl (C=O) groups is 1. The molecule has 26 heavy (non-hydrogen) atoms. The zero-order valence-electron chi connectivity index (χ0n) is 16.2.